The van der Waals surface area contributed by atoms with Crippen LogP contribution in [0.3, 0.4) is 0 Å². The SMILES string of the molecule is COC[C@@H](C)NC(=O)COC(=O)CNS(=O)(=O)/C=C/c1ccc(C)cc1. The van der Waals surface area contributed by atoms with E-state index in [1.54, 1.807) is 19.1 Å². The van der Waals surface area contributed by atoms with Crippen molar-refractivity contribution in [3.05, 3.63) is 40.8 Å². The second-order valence-corrected chi connectivity index (χ2v) is 7.32. The topological polar surface area (TPSA) is 111 Å². The molecule has 0 spiro atoms. The van der Waals surface area contributed by atoms with Crippen molar-refractivity contribution in [1.29, 1.82) is 0 Å². The Balaban J connectivity index is 2.38. The minimum absolute atomic E-state index is 0.225. The first-order valence-corrected chi connectivity index (χ1v) is 9.45. The van der Waals surface area contributed by atoms with Gasteiger partial charge >= 0.3 is 5.97 Å². The van der Waals surface area contributed by atoms with Gasteiger partial charge in [0.05, 0.1) is 6.61 Å². The average molecular weight is 384 g/mol. The Labute approximate surface area is 153 Å². The van der Waals surface area contributed by atoms with Crippen molar-refractivity contribution in [2.24, 2.45) is 0 Å². The number of ether oxygens (including phenoxy) is 2. The highest BCUT2D eigenvalue weighted by atomic mass is 32.2. The smallest absolute Gasteiger partial charge is 0.321 e. The zero-order valence-corrected chi connectivity index (χ0v) is 15.8. The van der Waals surface area contributed by atoms with E-state index in [9.17, 15) is 18.0 Å². The number of hydrogen-bond acceptors (Lipinski definition) is 6. The molecule has 1 atom stereocenters. The van der Waals surface area contributed by atoms with Crippen molar-refractivity contribution in [3.8, 4) is 0 Å². The summed E-state index contributed by atoms with van der Waals surface area (Å²) in [5.41, 5.74) is 1.77. The fourth-order valence-electron chi connectivity index (χ4n) is 1.86. The van der Waals surface area contributed by atoms with Crippen LogP contribution in [0, 0.1) is 6.92 Å². The van der Waals surface area contributed by atoms with Gasteiger partial charge in [-0.25, -0.2) is 13.1 Å². The van der Waals surface area contributed by atoms with Gasteiger partial charge in [0.15, 0.2) is 6.61 Å². The van der Waals surface area contributed by atoms with Crippen LogP contribution in [-0.4, -0.2) is 53.2 Å². The van der Waals surface area contributed by atoms with Crippen LogP contribution in [0.4, 0.5) is 0 Å². The third kappa shape index (κ3) is 9.30. The lowest BCUT2D eigenvalue weighted by Crippen LogP contribution is -2.39. The maximum atomic E-state index is 11.8. The summed E-state index contributed by atoms with van der Waals surface area (Å²) in [6.45, 7) is 2.93. The fraction of sp³-hybridized carbons (Fsp3) is 0.412. The largest absolute Gasteiger partial charge is 0.455 e. The number of rotatable bonds is 10. The Bertz CT molecular complexity index is 728. The lowest BCUT2D eigenvalue weighted by Gasteiger charge is -2.12. The number of hydrogen-bond donors (Lipinski definition) is 2. The summed E-state index contributed by atoms with van der Waals surface area (Å²) in [7, 11) is -2.30. The summed E-state index contributed by atoms with van der Waals surface area (Å²) in [4.78, 5) is 23.1. The van der Waals surface area contributed by atoms with E-state index in [2.05, 4.69) is 10.0 Å². The van der Waals surface area contributed by atoms with Crippen LogP contribution >= 0.6 is 0 Å². The zero-order valence-electron chi connectivity index (χ0n) is 15.0. The maximum Gasteiger partial charge on any atom is 0.321 e. The predicted octanol–water partition coefficient (Wildman–Crippen LogP) is 0.579. The number of aryl methyl sites for hydroxylation is 1. The highest BCUT2D eigenvalue weighted by Crippen LogP contribution is 2.05. The number of nitrogens with one attached hydrogen (secondary N) is 2. The predicted molar refractivity (Wildman–Crippen MR) is 97.6 cm³/mol. The molecule has 0 saturated carbocycles. The minimum atomic E-state index is -3.80. The number of amides is 1. The molecule has 2 N–H and O–H groups in total. The second kappa shape index (κ2) is 10.7. The van der Waals surface area contributed by atoms with E-state index in [0.717, 1.165) is 11.0 Å². The summed E-state index contributed by atoms with van der Waals surface area (Å²) in [6.07, 6.45) is 1.41. The summed E-state index contributed by atoms with van der Waals surface area (Å²) in [6, 6.07) is 7.04. The van der Waals surface area contributed by atoms with Gasteiger partial charge in [0.25, 0.3) is 5.91 Å². The maximum absolute atomic E-state index is 11.8. The Morgan fingerprint density at radius 2 is 1.88 bits per heavy atom. The highest BCUT2D eigenvalue weighted by Gasteiger charge is 2.13. The second-order valence-electron chi connectivity index (χ2n) is 5.66. The Morgan fingerprint density at radius 3 is 2.50 bits per heavy atom. The van der Waals surface area contributed by atoms with Gasteiger partial charge in [0.1, 0.15) is 6.54 Å². The molecule has 0 aliphatic carbocycles. The molecular formula is C17H24N2O6S. The number of esters is 1. The zero-order chi connectivity index (χ0) is 19.6. The van der Waals surface area contributed by atoms with Crippen molar-refractivity contribution >= 4 is 28.0 Å². The lowest BCUT2D eigenvalue weighted by atomic mass is 10.2. The van der Waals surface area contributed by atoms with E-state index in [0.29, 0.717) is 12.2 Å². The van der Waals surface area contributed by atoms with E-state index < -0.39 is 35.1 Å². The lowest BCUT2D eigenvalue weighted by molar-refractivity contribution is -0.147. The summed E-state index contributed by atoms with van der Waals surface area (Å²) < 4.78 is 35.3. The molecule has 0 radical (unpaired) electrons. The van der Waals surface area contributed by atoms with Gasteiger partial charge in [0.2, 0.25) is 10.0 Å². The minimum Gasteiger partial charge on any atom is -0.455 e. The summed E-state index contributed by atoms with van der Waals surface area (Å²) in [5, 5.41) is 3.52. The van der Waals surface area contributed by atoms with E-state index in [-0.39, 0.29) is 6.04 Å². The first kappa shape index (κ1) is 21.8. The molecule has 1 aromatic carbocycles. The van der Waals surface area contributed by atoms with Gasteiger partial charge in [-0.3, -0.25) is 9.59 Å². The third-order valence-electron chi connectivity index (χ3n) is 3.12. The standard InChI is InChI=1S/C17H24N2O6S/c1-13-4-6-15(7-5-13)8-9-26(22,23)18-10-17(21)25-12-16(20)19-14(2)11-24-3/h4-9,14,18H,10-12H2,1-3H3,(H,19,20)/b9-8+/t14-/m1/s1. The molecule has 9 heteroatoms. The number of sulfonamides is 1. The van der Waals surface area contributed by atoms with Gasteiger partial charge in [-0.2, -0.15) is 0 Å². The normalized spacial score (nSPS) is 12.7. The number of carbonyl (C=O) groups is 2. The molecule has 144 valence electrons. The summed E-state index contributed by atoms with van der Waals surface area (Å²) >= 11 is 0. The van der Waals surface area contributed by atoms with E-state index >= 15 is 0 Å². The molecule has 0 heterocycles. The third-order valence-corrected chi connectivity index (χ3v) is 4.16. The molecule has 0 fully saturated rings. The van der Waals surface area contributed by atoms with E-state index in [1.165, 1.54) is 13.2 Å². The van der Waals surface area contributed by atoms with Crippen molar-refractivity contribution in [2.45, 2.75) is 19.9 Å². The molecule has 1 aromatic rings. The van der Waals surface area contributed by atoms with E-state index in [1.807, 2.05) is 19.1 Å². The molecule has 0 aliphatic heterocycles. The van der Waals surface area contributed by atoms with Crippen molar-refractivity contribution in [1.82, 2.24) is 10.0 Å². The molecular weight excluding hydrogens is 360 g/mol. The highest BCUT2D eigenvalue weighted by molar-refractivity contribution is 7.92. The average Bonchev–Trinajstić information content (AvgIpc) is 2.58. The van der Waals surface area contributed by atoms with Crippen LogP contribution in [0.1, 0.15) is 18.1 Å². The van der Waals surface area contributed by atoms with Crippen molar-refractivity contribution < 1.29 is 27.5 Å². The van der Waals surface area contributed by atoms with Gasteiger partial charge < -0.3 is 14.8 Å². The van der Waals surface area contributed by atoms with Crippen LogP contribution in [0.15, 0.2) is 29.7 Å². The molecule has 0 saturated heterocycles. The number of benzene rings is 1. The molecule has 1 amide bonds. The van der Waals surface area contributed by atoms with Crippen molar-refractivity contribution in [3.63, 3.8) is 0 Å². The van der Waals surface area contributed by atoms with Crippen LogP contribution in [-0.2, 0) is 29.1 Å². The quantitative estimate of drug-likeness (QED) is 0.571. The number of carbonyl (C=O) groups excluding carboxylic acids is 2. The van der Waals surface area contributed by atoms with E-state index in [4.69, 9.17) is 9.47 Å². The van der Waals surface area contributed by atoms with Gasteiger partial charge in [-0.15, -0.1) is 0 Å². The van der Waals surface area contributed by atoms with Crippen LogP contribution in [0.5, 0.6) is 0 Å². The van der Waals surface area contributed by atoms with Gasteiger partial charge in [-0.1, -0.05) is 29.8 Å². The first-order chi connectivity index (χ1) is 12.2. The van der Waals surface area contributed by atoms with Crippen LogP contribution in [0.25, 0.3) is 6.08 Å². The molecule has 0 aliphatic rings. The van der Waals surface area contributed by atoms with Crippen molar-refractivity contribution in [2.75, 3.05) is 26.9 Å². The molecule has 0 unspecified atom stereocenters. The Hall–Kier alpha value is -2.23. The molecule has 8 nitrogen and oxygen atoms in total. The molecule has 0 bridgehead atoms. The fourth-order valence-corrected chi connectivity index (χ4v) is 2.61. The number of methoxy groups -OCH3 is 1. The summed E-state index contributed by atoms with van der Waals surface area (Å²) in [5.74, 6) is -1.35. The molecule has 26 heavy (non-hydrogen) atoms. The first-order valence-electron chi connectivity index (χ1n) is 7.90. The van der Waals surface area contributed by atoms with Crippen LogP contribution < -0.4 is 10.0 Å². The molecule has 1 rings (SSSR count). The van der Waals surface area contributed by atoms with Crippen LogP contribution in [0.2, 0.25) is 0 Å². The molecule has 0 aromatic heterocycles. The monoisotopic (exact) mass is 384 g/mol. The Morgan fingerprint density at radius 1 is 1.23 bits per heavy atom. The van der Waals surface area contributed by atoms with Gasteiger partial charge in [-0.05, 0) is 25.5 Å². The Kier molecular flexibility index (Phi) is 8.97. The van der Waals surface area contributed by atoms with Gasteiger partial charge in [0, 0.05) is 18.6 Å².